The first-order valence-electron chi connectivity index (χ1n) is 8.78. The minimum Gasteiger partial charge on any atom is -0.495 e. The Hall–Kier alpha value is -3.58. The van der Waals surface area contributed by atoms with E-state index < -0.39 is 11.7 Å². The summed E-state index contributed by atoms with van der Waals surface area (Å²) in [5, 5.41) is 3.03. The third-order valence-electron chi connectivity index (χ3n) is 3.98. The molecule has 0 saturated heterocycles. The number of hydrogen-bond acceptors (Lipinski definition) is 5. The van der Waals surface area contributed by atoms with Crippen molar-refractivity contribution in [1.29, 1.82) is 0 Å². The van der Waals surface area contributed by atoms with Gasteiger partial charge in [0.05, 0.1) is 31.1 Å². The van der Waals surface area contributed by atoms with Gasteiger partial charge >= 0.3 is 0 Å². The third kappa shape index (κ3) is 5.27. The zero-order valence-electron chi connectivity index (χ0n) is 16.2. The summed E-state index contributed by atoms with van der Waals surface area (Å²) >= 11 is 6.06. The summed E-state index contributed by atoms with van der Waals surface area (Å²) in [5.41, 5.74) is 0.877. The van der Waals surface area contributed by atoms with Crippen molar-refractivity contribution in [1.82, 2.24) is 4.98 Å². The Labute approximate surface area is 177 Å². The van der Waals surface area contributed by atoms with Gasteiger partial charge < -0.3 is 19.5 Å². The van der Waals surface area contributed by atoms with Crippen molar-refractivity contribution in [3.63, 3.8) is 0 Å². The fourth-order valence-electron chi connectivity index (χ4n) is 2.54. The zero-order chi connectivity index (χ0) is 21.5. The van der Waals surface area contributed by atoms with Gasteiger partial charge in [-0.05, 0) is 35.9 Å². The standard InChI is InChI=1S/C22H18ClFN2O4/c1-28-20-12-18(21(29-2)11-16(20)23)26-22(27)8-6-14-5-7-19(17(24)10-14)30-15-4-3-9-25-13-15/h3-13H,1-2H3,(H,26,27)/b8-6+. The van der Waals surface area contributed by atoms with Crippen LogP contribution in [0.3, 0.4) is 0 Å². The molecule has 0 aliphatic heterocycles. The van der Waals surface area contributed by atoms with Gasteiger partial charge in [0.15, 0.2) is 11.6 Å². The molecule has 154 valence electrons. The molecule has 0 saturated carbocycles. The molecule has 6 nitrogen and oxygen atoms in total. The lowest BCUT2D eigenvalue weighted by molar-refractivity contribution is -0.111. The first-order valence-corrected chi connectivity index (χ1v) is 9.16. The Morgan fingerprint density at radius 1 is 1.10 bits per heavy atom. The largest absolute Gasteiger partial charge is 0.495 e. The summed E-state index contributed by atoms with van der Waals surface area (Å²) in [6.45, 7) is 0. The molecule has 8 heteroatoms. The molecule has 0 atom stereocenters. The van der Waals surface area contributed by atoms with Crippen molar-refractivity contribution in [2.45, 2.75) is 0 Å². The number of carbonyl (C=O) groups excluding carboxylic acids is 1. The SMILES string of the molecule is COc1cc(NC(=O)/C=C/c2ccc(Oc3cccnc3)c(F)c2)c(OC)cc1Cl. The highest BCUT2D eigenvalue weighted by molar-refractivity contribution is 6.32. The van der Waals surface area contributed by atoms with Crippen LogP contribution in [0.4, 0.5) is 10.1 Å². The molecule has 1 aromatic heterocycles. The summed E-state index contributed by atoms with van der Waals surface area (Å²) in [7, 11) is 2.93. The smallest absolute Gasteiger partial charge is 0.248 e. The van der Waals surface area contributed by atoms with E-state index in [1.807, 2.05) is 0 Å². The van der Waals surface area contributed by atoms with Gasteiger partial charge in [0.2, 0.25) is 5.91 Å². The molecule has 0 aliphatic carbocycles. The molecule has 0 fully saturated rings. The second-order valence-corrected chi connectivity index (χ2v) is 6.40. The molecule has 1 N–H and O–H groups in total. The van der Waals surface area contributed by atoms with E-state index in [0.29, 0.717) is 33.5 Å². The van der Waals surface area contributed by atoms with E-state index in [2.05, 4.69) is 10.3 Å². The maximum Gasteiger partial charge on any atom is 0.248 e. The highest BCUT2D eigenvalue weighted by Gasteiger charge is 2.12. The molecule has 0 unspecified atom stereocenters. The van der Waals surface area contributed by atoms with E-state index in [0.717, 1.165) is 0 Å². The number of pyridine rings is 1. The minimum absolute atomic E-state index is 0.0580. The van der Waals surface area contributed by atoms with Gasteiger partial charge in [-0.2, -0.15) is 0 Å². The van der Waals surface area contributed by atoms with Crippen LogP contribution in [0.15, 0.2) is 60.9 Å². The van der Waals surface area contributed by atoms with Crippen LogP contribution in [-0.2, 0) is 4.79 Å². The monoisotopic (exact) mass is 428 g/mol. The van der Waals surface area contributed by atoms with Crippen LogP contribution in [0.2, 0.25) is 5.02 Å². The number of benzene rings is 2. The number of ether oxygens (including phenoxy) is 3. The fourth-order valence-corrected chi connectivity index (χ4v) is 2.77. The Morgan fingerprint density at radius 2 is 1.90 bits per heavy atom. The van der Waals surface area contributed by atoms with Crippen molar-refractivity contribution >= 4 is 29.3 Å². The number of carbonyl (C=O) groups is 1. The number of nitrogens with one attached hydrogen (secondary N) is 1. The molecule has 2 aromatic carbocycles. The Kier molecular flexibility index (Phi) is 6.87. The van der Waals surface area contributed by atoms with Gasteiger partial charge in [-0.1, -0.05) is 17.7 Å². The average molecular weight is 429 g/mol. The number of aromatic nitrogens is 1. The van der Waals surface area contributed by atoms with E-state index in [-0.39, 0.29) is 5.75 Å². The molecule has 1 amide bonds. The fraction of sp³-hybridized carbons (Fsp3) is 0.0909. The molecular weight excluding hydrogens is 411 g/mol. The highest BCUT2D eigenvalue weighted by atomic mass is 35.5. The van der Waals surface area contributed by atoms with Crippen LogP contribution in [0.5, 0.6) is 23.0 Å². The first kappa shape index (κ1) is 21.1. The topological polar surface area (TPSA) is 69.7 Å². The van der Waals surface area contributed by atoms with Crippen molar-refractivity contribution in [3.8, 4) is 23.0 Å². The molecule has 0 spiro atoms. The van der Waals surface area contributed by atoms with Crippen LogP contribution in [0.1, 0.15) is 5.56 Å². The lowest BCUT2D eigenvalue weighted by atomic mass is 10.2. The number of amides is 1. The molecule has 30 heavy (non-hydrogen) atoms. The second-order valence-electron chi connectivity index (χ2n) is 5.99. The van der Waals surface area contributed by atoms with Crippen LogP contribution >= 0.6 is 11.6 Å². The van der Waals surface area contributed by atoms with Crippen molar-refractivity contribution in [2.75, 3.05) is 19.5 Å². The van der Waals surface area contributed by atoms with E-state index >= 15 is 0 Å². The summed E-state index contributed by atoms with van der Waals surface area (Å²) < 4.78 is 30.1. The Bertz CT molecular complexity index is 1070. The van der Waals surface area contributed by atoms with Gasteiger partial charge in [0, 0.05) is 24.4 Å². The van der Waals surface area contributed by atoms with Crippen LogP contribution in [0.25, 0.3) is 6.08 Å². The van der Waals surface area contributed by atoms with E-state index in [4.69, 9.17) is 25.8 Å². The van der Waals surface area contributed by atoms with Crippen molar-refractivity contribution in [2.24, 2.45) is 0 Å². The molecule has 0 aliphatic rings. The van der Waals surface area contributed by atoms with Gasteiger partial charge in [0.1, 0.15) is 17.2 Å². The van der Waals surface area contributed by atoms with E-state index in [1.54, 1.807) is 30.5 Å². The predicted octanol–water partition coefficient (Wildman–Crippen LogP) is 5.34. The first-order chi connectivity index (χ1) is 14.5. The van der Waals surface area contributed by atoms with Gasteiger partial charge in [0.25, 0.3) is 0 Å². The maximum atomic E-state index is 14.3. The summed E-state index contributed by atoms with van der Waals surface area (Å²) in [5.74, 6) is 0.252. The number of anilines is 1. The normalized spacial score (nSPS) is 10.7. The summed E-state index contributed by atoms with van der Waals surface area (Å²) in [4.78, 5) is 16.2. The number of rotatable bonds is 7. The number of hydrogen-bond donors (Lipinski definition) is 1. The zero-order valence-corrected chi connectivity index (χ0v) is 16.9. The van der Waals surface area contributed by atoms with Gasteiger partial charge in [-0.3, -0.25) is 9.78 Å². The van der Waals surface area contributed by atoms with Crippen LogP contribution in [0, 0.1) is 5.82 Å². The molecule has 3 rings (SSSR count). The lowest BCUT2D eigenvalue weighted by Crippen LogP contribution is -2.09. The van der Waals surface area contributed by atoms with Crippen LogP contribution < -0.4 is 19.5 Å². The molecule has 1 heterocycles. The van der Waals surface area contributed by atoms with Gasteiger partial charge in [-0.15, -0.1) is 0 Å². The number of nitrogens with zero attached hydrogens (tertiary/aromatic N) is 1. The molecule has 0 radical (unpaired) electrons. The van der Waals surface area contributed by atoms with Crippen molar-refractivity contribution < 1.29 is 23.4 Å². The molecule has 0 bridgehead atoms. The predicted molar refractivity (Wildman–Crippen MR) is 113 cm³/mol. The van der Waals surface area contributed by atoms with Crippen LogP contribution in [-0.4, -0.2) is 25.1 Å². The maximum absolute atomic E-state index is 14.3. The molecular formula is C22H18ClFN2O4. The second kappa shape index (κ2) is 9.76. The average Bonchev–Trinajstić information content (AvgIpc) is 2.75. The molecule has 3 aromatic rings. The Morgan fingerprint density at radius 3 is 2.57 bits per heavy atom. The number of halogens is 2. The third-order valence-corrected chi connectivity index (χ3v) is 4.27. The van der Waals surface area contributed by atoms with E-state index in [9.17, 15) is 9.18 Å². The van der Waals surface area contributed by atoms with Gasteiger partial charge in [-0.25, -0.2) is 4.39 Å². The lowest BCUT2D eigenvalue weighted by Gasteiger charge is -2.12. The quantitative estimate of drug-likeness (QED) is 0.515. The summed E-state index contributed by atoms with van der Waals surface area (Å²) in [6.07, 6.45) is 5.83. The highest BCUT2D eigenvalue weighted by Crippen LogP contribution is 2.35. The minimum atomic E-state index is -0.564. The van der Waals surface area contributed by atoms with Crippen molar-refractivity contribution in [3.05, 3.63) is 77.3 Å². The van der Waals surface area contributed by atoms with E-state index in [1.165, 1.54) is 50.8 Å². The number of methoxy groups -OCH3 is 2. The Balaban J connectivity index is 1.70. The summed E-state index contributed by atoms with van der Waals surface area (Å²) in [6, 6.07) is 10.8.